The average molecular weight is 291 g/mol. The van der Waals surface area contributed by atoms with Crippen LogP contribution in [0.4, 0.5) is 0 Å². The Morgan fingerprint density at radius 1 is 1.38 bits per heavy atom. The second kappa shape index (κ2) is 6.16. The largest absolute Gasteiger partial charge is 0.497 e. The second-order valence-corrected chi connectivity index (χ2v) is 5.72. The van der Waals surface area contributed by atoms with E-state index in [4.69, 9.17) is 4.74 Å². The van der Waals surface area contributed by atoms with Crippen molar-refractivity contribution in [2.75, 3.05) is 14.2 Å². The summed E-state index contributed by atoms with van der Waals surface area (Å²) in [5.74, 6) is -0.230. The molecule has 2 rings (SSSR count). The number of hydrogen-bond donors (Lipinski definition) is 1. The number of carbonyl (C=O) groups excluding carboxylic acids is 1. The third-order valence-corrected chi connectivity index (χ3v) is 4.23. The summed E-state index contributed by atoms with van der Waals surface area (Å²) in [6, 6.07) is 7.51. The highest BCUT2D eigenvalue weighted by molar-refractivity contribution is 5.85. The number of benzene rings is 1. The first kappa shape index (κ1) is 15.4. The van der Waals surface area contributed by atoms with Crippen LogP contribution in [0.25, 0.3) is 0 Å². The fourth-order valence-corrected chi connectivity index (χ4v) is 2.63. The monoisotopic (exact) mass is 291 g/mol. The number of rotatable bonds is 6. The van der Waals surface area contributed by atoms with Gasteiger partial charge < -0.3 is 14.7 Å². The van der Waals surface area contributed by atoms with Gasteiger partial charge in [-0.15, -0.1) is 0 Å². The lowest BCUT2D eigenvalue weighted by atomic mass is 9.66. The lowest BCUT2D eigenvalue weighted by molar-refractivity contribution is -0.159. The predicted molar refractivity (Wildman–Crippen MR) is 78.0 cm³/mol. The number of carboxylic acids is 1. The molecule has 1 aromatic carbocycles. The molecule has 0 radical (unpaired) electrons. The van der Waals surface area contributed by atoms with Crippen molar-refractivity contribution in [2.24, 2.45) is 5.41 Å². The molecule has 1 fully saturated rings. The van der Waals surface area contributed by atoms with Crippen molar-refractivity contribution in [3.05, 3.63) is 29.8 Å². The maximum Gasteiger partial charge on any atom is 0.310 e. The highest BCUT2D eigenvalue weighted by atomic mass is 16.5. The Morgan fingerprint density at radius 3 is 2.62 bits per heavy atom. The van der Waals surface area contributed by atoms with Crippen LogP contribution in [0.3, 0.4) is 0 Å². The lowest BCUT2D eigenvalue weighted by Gasteiger charge is -2.38. The molecule has 5 nitrogen and oxygen atoms in total. The van der Waals surface area contributed by atoms with E-state index in [0.29, 0.717) is 19.4 Å². The summed E-state index contributed by atoms with van der Waals surface area (Å²) in [5.41, 5.74) is 0.128. The van der Waals surface area contributed by atoms with Crippen molar-refractivity contribution in [3.63, 3.8) is 0 Å². The van der Waals surface area contributed by atoms with Crippen molar-refractivity contribution >= 4 is 11.9 Å². The van der Waals surface area contributed by atoms with Gasteiger partial charge in [-0.05, 0) is 30.5 Å². The average Bonchev–Trinajstić information content (AvgIpc) is 2.42. The molecule has 0 bridgehead atoms. The lowest BCUT2D eigenvalue weighted by Crippen LogP contribution is -2.42. The van der Waals surface area contributed by atoms with Crippen LogP contribution in [0.5, 0.6) is 5.75 Å². The van der Waals surface area contributed by atoms with E-state index in [1.54, 1.807) is 19.1 Å². The number of hydrogen-bond acceptors (Lipinski definition) is 3. The third-order valence-electron chi connectivity index (χ3n) is 4.23. The summed E-state index contributed by atoms with van der Waals surface area (Å²) in [6.45, 7) is 0.450. The zero-order valence-corrected chi connectivity index (χ0v) is 12.5. The van der Waals surface area contributed by atoms with E-state index >= 15 is 0 Å². The number of nitrogens with zero attached hydrogens (tertiary/aromatic N) is 1. The summed E-state index contributed by atoms with van der Waals surface area (Å²) in [6.07, 6.45) is 2.17. The Hall–Kier alpha value is -2.04. The topological polar surface area (TPSA) is 66.8 Å². The normalized spacial score (nSPS) is 15.9. The van der Waals surface area contributed by atoms with Gasteiger partial charge in [-0.25, -0.2) is 0 Å². The van der Waals surface area contributed by atoms with Crippen LogP contribution in [0.2, 0.25) is 0 Å². The zero-order valence-electron chi connectivity index (χ0n) is 12.5. The Morgan fingerprint density at radius 2 is 2.10 bits per heavy atom. The molecule has 1 saturated carbocycles. The Kier molecular flexibility index (Phi) is 4.50. The molecular formula is C16H21NO4. The highest BCUT2D eigenvalue weighted by Crippen LogP contribution is 2.44. The molecule has 0 saturated heterocycles. The van der Waals surface area contributed by atoms with Gasteiger partial charge in [-0.1, -0.05) is 18.6 Å². The minimum atomic E-state index is -0.850. The van der Waals surface area contributed by atoms with Gasteiger partial charge >= 0.3 is 5.97 Å². The van der Waals surface area contributed by atoms with Gasteiger partial charge in [0, 0.05) is 20.0 Å². The summed E-state index contributed by atoms with van der Waals surface area (Å²) in [5, 5.41) is 9.29. The van der Waals surface area contributed by atoms with E-state index < -0.39 is 11.4 Å². The van der Waals surface area contributed by atoms with Gasteiger partial charge in [-0.2, -0.15) is 0 Å². The first-order chi connectivity index (χ1) is 9.97. The van der Waals surface area contributed by atoms with Gasteiger partial charge in [0.2, 0.25) is 5.91 Å². The van der Waals surface area contributed by atoms with Crippen LogP contribution in [-0.2, 0) is 16.1 Å². The van der Waals surface area contributed by atoms with Crippen molar-refractivity contribution in [3.8, 4) is 5.75 Å². The molecule has 1 aliphatic rings. The standard InChI is InChI=1S/C16H21NO4/c1-17(11-12-5-3-6-13(9-12)21-2)14(18)10-16(15(19)20)7-4-8-16/h3,5-6,9H,4,7-8,10-11H2,1-2H3,(H,19,20). The van der Waals surface area contributed by atoms with E-state index in [-0.39, 0.29) is 12.3 Å². The van der Waals surface area contributed by atoms with Gasteiger partial charge in [0.15, 0.2) is 0 Å². The SMILES string of the molecule is COc1cccc(CN(C)C(=O)CC2(C(=O)O)CCC2)c1. The quantitative estimate of drug-likeness (QED) is 0.873. The molecule has 0 aromatic heterocycles. The molecule has 5 heteroatoms. The zero-order chi connectivity index (χ0) is 15.5. The van der Waals surface area contributed by atoms with Crippen LogP contribution in [-0.4, -0.2) is 36.0 Å². The number of amides is 1. The first-order valence-corrected chi connectivity index (χ1v) is 7.07. The number of ether oxygens (including phenoxy) is 1. The molecule has 0 heterocycles. The van der Waals surface area contributed by atoms with Gasteiger partial charge in [0.25, 0.3) is 0 Å². The number of carbonyl (C=O) groups is 2. The van der Waals surface area contributed by atoms with E-state index in [9.17, 15) is 14.7 Å². The molecule has 0 atom stereocenters. The Bertz CT molecular complexity index is 537. The molecule has 1 N–H and O–H groups in total. The summed E-state index contributed by atoms with van der Waals surface area (Å²) < 4.78 is 5.15. The van der Waals surface area contributed by atoms with E-state index in [1.165, 1.54) is 0 Å². The second-order valence-electron chi connectivity index (χ2n) is 5.72. The number of methoxy groups -OCH3 is 1. The Balaban J connectivity index is 1.97. The third kappa shape index (κ3) is 3.35. The number of aliphatic carboxylic acids is 1. The molecule has 114 valence electrons. The molecule has 0 spiro atoms. The van der Waals surface area contributed by atoms with Crippen LogP contribution in [0.1, 0.15) is 31.2 Å². The predicted octanol–water partition coefficient (Wildman–Crippen LogP) is 2.30. The van der Waals surface area contributed by atoms with Crippen LogP contribution in [0.15, 0.2) is 24.3 Å². The maximum absolute atomic E-state index is 12.2. The molecule has 21 heavy (non-hydrogen) atoms. The molecule has 1 aliphatic carbocycles. The minimum absolute atomic E-state index is 0.0861. The maximum atomic E-state index is 12.2. The molecular weight excluding hydrogens is 270 g/mol. The Labute approximate surface area is 124 Å². The molecule has 0 unspecified atom stereocenters. The minimum Gasteiger partial charge on any atom is -0.497 e. The van der Waals surface area contributed by atoms with Crippen LogP contribution < -0.4 is 4.74 Å². The van der Waals surface area contributed by atoms with Crippen LogP contribution >= 0.6 is 0 Å². The number of carboxylic acid groups (broad SMARTS) is 1. The van der Waals surface area contributed by atoms with E-state index in [2.05, 4.69) is 0 Å². The smallest absolute Gasteiger partial charge is 0.310 e. The summed E-state index contributed by atoms with van der Waals surface area (Å²) >= 11 is 0. The molecule has 1 aromatic rings. The van der Waals surface area contributed by atoms with Gasteiger partial charge in [0.05, 0.1) is 12.5 Å². The van der Waals surface area contributed by atoms with E-state index in [0.717, 1.165) is 17.7 Å². The van der Waals surface area contributed by atoms with E-state index in [1.807, 2.05) is 24.3 Å². The van der Waals surface area contributed by atoms with Crippen molar-refractivity contribution in [2.45, 2.75) is 32.2 Å². The molecule has 1 amide bonds. The van der Waals surface area contributed by atoms with Crippen molar-refractivity contribution < 1.29 is 19.4 Å². The van der Waals surface area contributed by atoms with Crippen molar-refractivity contribution in [1.29, 1.82) is 0 Å². The first-order valence-electron chi connectivity index (χ1n) is 7.07. The van der Waals surface area contributed by atoms with Gasteiger partial charge in [-0.3, -0.25) is 9.59 Å². The summed E-state index contributed by atoms with van der Waals surface area (Å²) in [7, 11) is 3.30. The van der Waals surface area contributed by atoms with Crippen LogP contribution in [0, 0.1) is 5.41 Å². The fourth-order valence-electron chi connectivity index (χ4n) is 2.63. The van der Waals surface area contributed by atoms with Crippen molar-refractivity contribution in [1.82, 2.24) is 4.90 Å². The van der Waals surface area contributed by atoms with Gasteiger partial charge in [0.1, 0.15) is 5.75 Å². The summed E-state index contributed by atoms with van der Waals surface area (Å²) in [4.78, 5) is 25.1. The molecule has 0 aliphatic heterocycles. The highest BCUT2D eigenvalue weighted by Gasteiger charge is 2.46. The fraction of sp³-hybridized carbons (Fsp3) is 0.500.